The monoisotopic (exact) mass is 379 g/mol. The fraction of sp³-hybridized carbons (Fsp3) is 0.600. The maximum Gasteiger partial charge on any atom is 0.317 e. The highest BCUT2D eigenvalue weighted by Gasteiger charge is 2.35. The van der Waals surface area contributed by atoms with Gasteiger partial charge in [-0.1, -0.05) is 25.5 Å². The van der Waals surface area contributed by atoms with Gasteiger partial charge >= 0.3 is 6.03 Å². The Labute approximate surface area is 160 Å². The van der Waals surface area contributed by atoms with Crippen LogP contribution in [0.2, 0.25) is 0 Å². The average molecular weight is 379 g/mol. The minimum atomic E-state index is -0.302. The first kappa shape index (κ1) is 21.2. The number of nitrogens with zero attached hydrogens (tertiary/aromatic N) is 1. The van der Waals surface area contributed by atoms with Crippen molar-refractivity contribution in [1.82, 2.24) is 15.5 Å². The van der Waals surface area contributed by atoms with Gasteiger partial charge < -0.3 is 20.3 Å². The second kappa shape index (κ2) is 10.9. The molecule has 0 radical (unpaired) electrons. The highest BCUT2D eigenvalue weighted by molar-refractivity contribution is 5.81. The molecule has 150 valence electrons. The summed E-state index contributed by atoms with van der Waals surface area (Å²) in [5, 5.41) is 5.79. The number of urea groups is 1. The number of hydrogen-bond acceptors (Lipinski definition) is 3. The molecule has 1 fully saturated rings. The van der Waals surface area contributed by atoms with E-state index in [4.69, 9.17) is 4.74 Å². The number of piperidine rings is 1. The molecule has 1 aromatic carbocycles. The molecule has 1 aliphatic heterocycles. The van der Waals surface area contributed by atoms with Gasteiger partial charge in [0.1, 0.15) is 5.82 Å². The van der Waals surface area contributed by atoms with Crippen LogP contribution in [-0.2, 0) is 9.53 Å². The van der Waals surface area contributed by atoms with Gasteiger partial charge in [0.2, 0.25) is 5.91 Å². The maximum atomic E-state index is 13.3. The largest absolute Gasteiger partial charge is 0.383 e. The number of nitrogens with one attached hydrogen (secondary N) is 2. The van der Waals surface area contributed by atoms with E-state index in [1.807, 2.05) is 0 Å². The van der Waals surface area contributed by atoms with Gasteiger partial charge in [0, 0.05) is 26.7 Å². The van der Waals surface area contributed by atoms with Crippen molar-refractivity contribution in [3.8, 4) is 0 Å². The van der Waals surface area contributed by atoms with Gasteiger partial charge in [-0.05, 0) is 37.0 Å². The summed E-state index contributed by atoms with van der Waals surface area (Å²) < 4.78 is 18.2. The van der Waals surface area contributed by atoms with E-state index >= 15 is 0 Å². The quantitative estimate of drug-likeness (QED) is 0.683. The van der Waals surface area contributed by atoms with Crippen LogP contribution in [0.25, 0.3) is 0 Å². The molecule has 2 atom stereocenters. The molecule has 1 aliphatic rings. The Hall–Kier alpha value is -2.15. The molecule has 0 spiro atoms. The van der Waals surface area contributed by atoms with E-state index in [2.05, 4.69) is 17.6 Å². The van der Waals surface area contributed by atoms with Gasteiger partial charge in [0.05, 0.1) is 18.6 Å². The lowest BCUT2D eigenvalue weighted by molar-refractivity contribution is -0.127. The van der Waals surface area contributed by atoms with Crippen LogP contribution < -0.4 is 10.6 Å². The van der Waals surface area contributed by atoms with E-state index in [1.54, 1.807) is 24.1 Å². The number of likely N-dealkylation sites (tertiary alicyclic amines) is 1. The number of amides is 3. The molecule has 6 nitrogen and oxygen atoms in total. The molecule has 27 heavy (non-hydrogen) atoms. The molecule has 2 rings (SSSR count). The Kier molecular flexibility index (Phi) is 8.51. The van der Waals surface area contributed by atoms with Crippen molar-refractivity contribution in [2.75, 3.05) is 33.4 Å². The van der Waals surface area contributed by atoms with Crippen molar-refractivity contribution >= 4 is 11.9 Å². The summed E-state index contributed by atoms with van der Waals surface area (Å²) in [6.07, 6.45) is 3.24. The molecule has 0 aromatic heterocycles. The fourth-order valence-corrected chi connectivity index (χ4v) is 3.34. The number of ether oxygens (including phenoxy) is 1. The maximum absolute atomic E-state index is 13.3. The molecular formula is C20H30FN3O3. The second-order valence-electron chi connectivity index (χ2n) is 6.86. The predicted molar refractivity (Wildman–Crippen MR) is 102 cm³/mol. The summed E-state index contributed by atoms with van der Waals surface area (Å²) >= 11 is 0. The Bertz CT molecular complexity index is 609. The summed E-state index contributed by atoms with van der Waals surface area (Å²) in [6, 6.07) is 5.91. The van der Waals surface area contributed by atoms with Crippen LogP contribution in [0.4, 0.5) is 9.18 Å². The number of carbonyl (C=O) groups is 2. The first-order valence-electron chi connectivity index (χ1n) is 9.63. The molecule has 3 amide bonds. The number of unbranched alkanes of at least 4 members (excludes halogenated alkanes) is 1. The molecule has 0 aliphatic carbocycles. The van der Waals surface area contributed by atoms with Crippen molar-refractivity contribution in [3.63, 3.8) is 0 Å². The third-order valence-corrected chi connectivity index (χ3v) is 4.88. The minimum Gasteiger partial charge on any atom is -0.383 e. The number of carbonyl (C=O) groups excluding carboxylic acids is 2. The van der Waals surface area contributed by atoms with Crippen LogP contribution in [0, 0.1) is 11.7 Å². The van der Waals surface area contributed by atoms with Crippen LogP contribution in [0.3, 0.4) is 0 Å². The van der Waals surface area contributed by atoms with Gasteiger partial charge in [0.15, 0.2) is 0 Å². The topological polar surface area (TPSA) is 70.7 Å². The van der Waals surface area contributed by atoms with E-state index in [9.17, 15) is 14.0 Å². The molecule has 2 N–H and O–H groups in total. The third kappa shape index (κ3) is 6.20. The lowest BCUT2D eigenvalue weighted by atomic mass is 9.88. The van der Waals surface area contributed by atoms with Crippen LogP contribution in [0.5, 0.6) is 0 Å². The first-order chi connectivity index (χ1) is 13.1. The van der Waals surface area contributed by atoms with Crippen molar-refractivity contribution < 1.29 is 18.7 Å². The van der Waals surface area contributed by atoms with Crippen LogP contribution in [0.15, 0.2) is 24.3 Å². The zero-order valence-corrected chi connectivity index (χ0v) is 16.2. The number of rotatable bonds is 8. The number of hydrogen-bond donors (Lipinski definition) is 2. The molecule has 0 saturated carbocycles. The average Bonchev–Trinajstić information content (AvgIpc) is 2.68. The summed E-state index contributed by atoms with van der Waals surface area (Å²) in [5.41, 5.74) is 0.889. The SMILES string of the molecule is CCCCNC(=O)N1C[C@@H](C(=O)NCCOC)CC[C@@H]1c1ccc(F)cc1. The van der Waals surface area contributed by atoms with Crippen LogP contribution in [0.1, 0.15) is 44.2 Å². The lowest BCUT2D eigenvalue weighted by Crippen LogP contribution is -2.50. The molecule has 0 unspecified atom stereocenters. The molecule has 1 heterocycles. The molecule has 1 saturated heterocycles. The van der Waals surface area contributed by atoms with Gasteiger partial charge in [-0.3, -0.25) is 4.79 Å². The Morgan fingerprint density at radius 3 is 2.59 bits per heavy atom. The van der Waals surface area contributed by atoms with Crippen LogP contribution in [-0.4, -0.2) is 50.2 Å². The molecule has 1 aromatic rings. The fourth-order valence-electron chi connectivity index (χ4n) is 3.34. The van der Waals surface area contributed by atoms with Gasteiger partial charge in [-0.15, -0.1) is 0 Å². The highest BCUT2D eigenvalue weighted by Crippen LogP contribution is 2.33. The van der Waals surface area contributed by atoms with Crippen molar-refractivity contribution in [3.05, 3.63) is 35.6 Å². The van der Waals surface area contributed by atoms with E-state index in [-0.39, 0.29) is 29.7 Å². The summed E-state index contributed by atoms with van der Waals surface area (Å²) in [4.78, 5) is 26.9. The van der Waals surface area contributed by atoms with E-state index in [1.165, 1.54) is 12.1 Å². The van der Waals surface area contributed by atoms with Gasteiger partial charge in [-0.2, -0.15) is 0 Å². The zero-order valence-electron chi connectivity index (χ0n) is 16.2. The van der Waals surface area contributed by atoms with Crippen LogP contribution >= 0.6 is 0 Å². The van der Waals surface area contributed by atoms with E-state index in [0.717, 1.165) is 18.4 Å². The van der Waals surface area contributed by atoms with Gasteiger partial charge in [-0.25, -0.2) is 9.18 Å². The Morgan fingerprint density at radius 2 is 1.93 bits per heavy atom. The summed E-state index contributed by atoms with van der Waals surface area (Å²) in [5.74, 6) is -0.615. The third-order valence-electron chi connectivity index (χ3n) is 4.88. The molecular weight excluding hydrogens is 349 g/mol. The predicted octanol–water partition coefficient (Wildman–Crippen LogP) is 2.85. The first-order valence-corrected chi connectivity index (χ1v) is 9.63. The zero-order chi connectivity index (χ0) is 19.6. The number of halogens is 1. The Balaban J connectivity index is 2.08. The summed E-state index contributed by atoms with van der Waals surface area (Å²) in [6.45, 7) is 3.92. The normalized spacial score (nSPS) is 19.6. The van der Waals surface area contributed by atoms with E-state index in [0.29, 0.717) is 39.1 Å². The summed E-state index contributed by atoms with van der Waals surface area (Å²) in [7, 11) is 1.59. The highest BCUT2D eigenvalue weighted by atomic mass is 19.1. The smallest absolute Gasteiger partial charge is 0.317 e. The lowest BCUT2D eigenvalue weighted by Gasteiger charge is -2.39. The minimum absolute atomic E-state index is 0.0593. The Morgan fingerprint density at radius 1 is 1.19 bits per heavy atom. The van der Waals surface area contributed by atoms with E-state index < -0.39 is 0 Å². The number of benzene rings is 1. The molecule has 7 heteroatoms. The van der Waals surface area contributed by atoms with Crippen molar-refractivity contribution in [1.29, 1.82) is 0 Å². The van der Waals surface area contributed by atoms with Gasteiger partial charge in [0.25, 0.3) is 0 Å². The molecule has 0 bridgehead atoms. The second-order valence-corrected chi connectivity index (χ2v) is 6.86. The standard InChI is InChI=1S/C20H30FN3O3/c1-3-4-11-23-20(26)24-14-16(19(25)22-12-13-27-2)7-10-18(24)15-5-8-17(21)9-6-15/h5-6,8-9,16,18H,3-4,7,10-14H2,1-2H3,(H,22,25)(H,23,26)/t16-,18+/m0/s1. The number of methoxy groups -OCH3 is 1. The van der Waals surface area contributed by atoms with Crippen molar-refractivity contribution in [2.24, 2.45) is 5.92 Å². The van der Waals surface area contributed by atoms with Crippen molar-refractivity contribution in [2.45, 2.75) is 38.6 Å².